The second-order valence-electron chi connectivity index (χ2n) is 4.41. The summed E-state index contributed by atoms with van der Waals surface area (Å²) in [4.78, 5) is 11.7. The predicted octanol–water partition coefficient (Wildman–Crippen LogP) is 0.757. The minimum Gasteiger partial charge on any atom is -0.394 e. The van der Waals surface area contributed by atoms with Crippen molar-refractivity contribution in [2.24, 2.45) is 0 Å². The van der Waals surface area contributed by atoms with E-state index < -0.39 is 36.3 Å². The van der Waals surface area contributed by atoms with E-state index >= 15 is 0 Å². The molecule has 1 aromatic carbocycles. The van der Waals surface area contributed by atoms with E-state index in [4.69, 9.17) is 0 Å². The standard InChI is InChI=1S/C13H17F2NO3/c1-2-13(7-17,8-18)16-12(19)5-9-3-4-10(14)6-11(9)15/h3-4,6,17-18H,2,5,7-8H2,1H3,(H,16,19). The van der Waals surface area contributed by atoms with Crippen LogP contribution in [-0.2, 0) is 11.2 Å². The van der Waals surface area contributed by atoms with Gasteiger partial charge in [-0.25, -0.2) is 8.78 Å². The third kappa shape index (κ3) is 3.97. The average molecular weight is 273 g/mol. The van der Waals surface area contributed by atoms with Gasteiger partial charge in [0.05, 0.1) is 25.2 Å². The largest absolute Gasteiger partial charge is 0.394 e. The normalized spacial score (nSPS) is 11.4. The first-order chi connectivity index (χ1) is 8.96. The summed E-state index contributed by atoms with van der Waals surface area (Å²) in [5.74, 6) is -2.06. The average Bonchev–Trinajstić information content (AvgIpc) is 2.39. The van der Waals surface area contributed by atoms with E-state index in [2.05, 4.69) is 5.32 Å². The summed E-state index contributed by atoms with van der Waals surface area (Å²) in [6, 6.07) is 2.96. The molecule has 0 saturated heterocycles. The van der Waals surface area contributed by atoms with Gasteiger partial charge in [0.25, 0.3) is 0 Å². The number of carbonyl (C=O) groups excluding carboxylic acids is 1. The molecule has 0 saturated carbocycles. The fourth-order valence-electron chi connectivity index (χ4n) is 1.62. The van der Waals surface area contributed by atoms with E-state index in [0.29, 0.717) is 12.5 Å². The van der Waals surface area contributed by atoms with Crippen molar-refractivity contribution in [1.82, 2.24) is 5.32 Å². The van der Waals surface area contributed by atoms with Gasteiger partial charge in [0.1, 0.15) is 11.6 Å². The number of amides is 1. The van der Waals surface area contributed by atoms with Crippen molar-refractivity contribution in [1.29, 1.82) is 0 Å². The molecule has 0 atom stereocenters. The second kappa shape index (κ2) is 6.58. The summed E-state index contributed by atoms with van der Waals surface area (Å²) in [7, 11) is 0. The number of benzene rings is 1. The third-order valence-electron chi connectivity index (χ3n) is 3.05. The van der Waals surface area contributed by atoms with Crippen LogP contribution in [0.2, 0.25) is 0 Å². The fourth-order valence-corrected chi connectivity index (χ4v) is 1.62. The van der Waals surface area contributed by atoms with Gasteiger partial charge < -0.3 is 15.5 Å². The topological polar surface area (TPSA) is 69.6 Å². The first kappa shape index (κ1) is 15.5. The lowest BCUT2D eigenvalue weighted by atomic mass is 9.98. The Balaban J connectivity index is 2.74. The van der Waals surface area contributed by atoms with E-state index in [9.17, 15) is 23.8 Å². The predicted molar refractivity (Wildman–Crippen MR) is 65.4 cm³/mol. The van der Waals surface area contributed by atoms with Crippen LogP contribution in [0.3, 0.4) is 0 Å². The molecular weight excluding hydrogens is 256 g/mol. The molecule has 0 heterocycles. The maximum absolute atomic E-state index is 13.4. The van der Waals surface area contributed by atoms with E-state index in [1.165, 1.54) is 6.07 Å². The third-order valence-corrected chi connectivity index (χ3v) is 3.05. The van der Waals surface area contributed by atoms with Gasteiger partial charge in [-0.1, -0.05) is 13.0 Å². The lowest BCUT2D eigenvalue weighted by Crippen LogP contribution is -2.54. The van der Waals surface area contributed by atoms with Gasteiger partial charge >= 0.3 is 0 Å². The molecule has 6 heteroatoms. The zero-order chi connectivity index (χ0) is 14.5. The molecule has 0 radical (unpaired) electrons. The second-order valence-corrected chi connectivity index (χ2v) is 4.41. The number of hydrogen-bond donors (Lipinski definition) is 3. The van der Waals surface area contributed by atoms with Crippen LogP contribution in [-0.4, -0.2) is 34.9 Å². The molecule has 106 valence electrons. The molecule has 0 spiro atoms. The molecule has 3 N–H and O–H groups in total. The van der Waals surface area contributed by atoms with Crippen molar-refractivity contribution in [2.45, 2.75) is 25.3 Å². The Morgan fingerprint density at radius 1 is 1.32 bits per heavy atom. The SMILES string of the molecule is CCC(CO)(CO)NC(=O)Cc1ccc(F)cc1F. The monoisotopic (exact) mass is 273 g/mol. The summed E-state index contributed by atoms with van der Waals surface area (Å²) >= 11 is 0. The minimum absolute atomic E-state index is 0.0554. The molecule has 0 aliphatic rings. The van der Waals surface area contributed by atoms with E-state index in [1.807, 2.05) is 0 Å². The molecule has 1 amide bonds. The van der Waals surface area contributed by atoms with Gasteiger partial charge in [-0.2, -0.15) is 0 Å². The van der Waals surface area contributed by atoms with Crippen LogP contribution in [0.4, 0.5) is 8.78 Å². The first-order valence-corrected chi connectivity index (χ1v) is 5.93. The van der Waals surface area contributed by atoms with E-state index in [-0.39, 0.29) is 12.0 Å². The zero-order valence-electron chi connectivity index (χ0n) is 10.6. The minimum atomic E-state index is -1.12. The molecule has 0 aromatic heterocycles. The van der Waals surface area contributed by atoms with Gasteiger partial charge in [-0.15, -0.1) is 0 Å². The van der Waals surface area contributed by atoms with Crippen LogP contribution in [0.5, 0.6) is 0 Å². The Hall–Kier alpha value is -1.53. The van der Waals surface area contributed by atoms with Crippen molar-refractivity contribution in [3.05, 3.63) is 35.4 Å². The van der Waals surface area contributed by atoms with Crippen molar-refractivity contribution >= 4 is 5.91 Å². The van der Waals surface area contributed by atoms with Crippen LogP contribution in [0, 0.1) is 11.6 Å². The summed E-state index contributed by atoms with van der Waals surface area (Å²) in [5, 5.41) is 20.8. The molecule has 0 aliphatic carbocycles. The molecule has 1 aromatic rings. The molecule has 19 heavy (non-hydrogen) atoms. The van der Waals surface area contributed by atoms with Crippen LogP contribution in [0.1, 0.15) is 18.9 Å². The number of hydrogen-bond acceptors (Lipinski definition) is 3. The number of nitrogens with one attached hydrogen (secondary N) is 1. The van der Waals surface area contributed by atoms with Crippen molar-refractivity contribution in [2.75, 3.05) is 13.2 Å². The Morgan fingerprint density at radius 2 is 1.95 bits per heavy atom. The summed E-state index contributed by atoms with van der Waals surface area (Å²) in [5.41, 5.74) is -1.06. The lowest BCUT2D eigenvalue weighted by molar-refractivity contribution is -0.123. The van der Waals surface area contributed by atoms with Gasteiger partial charge in [0.15, 0.2) is 0 Å². The van der Waals surface area contributed by atoms with Crippen molar-refractivity contribution in [3.63, 3.8) is 0 Å². The Morgan fingerprint density at radius 3 is 2.42 bits per heavy atom. The number of aliphatic hydroxyl groups excluding tert-OH is 2. The van der Waals surface area contributed by atoms with Crippen molar-refractivity contribution in [3.8, 4) is 0 Å². The molecule has 0 unspecified atom stereocenters. The zero-order valence-corrected chi connectivity index (χ0v) is 10.6. The van der Waals surface area contributed by atoms with Crippen LogP contribution < -0.4 is 5.32 Å². The molecule has 4 nitrogen and oxygen atoms in total. The molecular formula is C13H17F2NO3. The Kier molecular flexibility index (Phi) is 5.38. The lowest BCUT2D eigenvalue weighted by Gasteiger charge is -2.29. The molecule has 0 bridgehead atoms. The highest BCUT2D eigenvalue weighted by Crippen LogP contribution is 2.12. The van der Waals surface area contributed by atoms with Gasteiger partial charge in [0.2, 0.25) is 5.91 Å². The summed E-state index contributed by atoms with van der Waals surface area (Å²) in [6.07, 6.45) is 0.0471. The highest BCUT2D eigenvalue weighted by atomic mass is 19.1. The number of halogens is 2. The number of rotatable bonds is 6. The summed E-state index contributed by atoms with van der Waals surface area (Å²) in [6.45, 7) is 0.862. The maximum atomic E-state index is 13.4. The Labute approximate surface area is 110 Å². The van der Waals surface area contributed by atoms with Crippen molar-refractivity contribution < 1.29 is 23.8 Å². The van der Waals surface area contributed by atoms with Gasteiger partial charge in [-0.3, -0.25) is 4.79 Å². The molecule has 1 rings (SSSR count). The van der Waals surface area contributed by atoms with E-state index in [1.54, 1.807) is 6.92 Å². The van der Waals surface area contributed by atoms with Gasteiger partial charge in [0, 0.05) is 6.07 Å². The number of carbonyl (C=O) groups is 1. The van der Waals surface area contributed by atoms with Crippen LogP contribution in [0.15, 0.2) is 18.2 Å². The van der Waals surface area contributed by atoms with Crippen LogP contribution in [0.25, 0.3) is 0 Å². The fraction of sp³-hybridized carbons (Fsp3) is 0.462. The van der Waals surface area contributed by atoms with Crippen LogP contribution >= 0.6 is 0 Å². The summed E-state index contributed by atoms with van der Waals surface area (Å²) < 4.78 is 26.1. The molecule has 0 fully saturated rings. The molecule has 0 aliphatic heterocycles. The highest BCUT2D eigenvalue weighted by molar-refractivity contribution is 5.79. The smallest absolute Gasteiger partial charge is 0.225 e. The van der Waals surface area contributed by atoms with Gasteiger partial charge in [-0.05, 0) is 18.1 Å². The van der Waals surface area contributed by atoms with E-state index in [0.717, 1.165) is 6.07 Å². The Bertz CT molecular complexity index is 439. The quantitative estimate of drug-likeness (QED) is 0.716. The first-order valence-electron chi connectivity index (χ1n) is 5.93. The number of aliphatic hydroxyl groups is 2. The highest BCUT2D eigenvalue weighted by Gasteiger charge is 2.28. The maximum Gasteiger partial charge on any atom is 0.225 e.